The predicted molar refractivity (Wildman–Crippen MR) is 149 cm³/mol. The molecule has 2 aromatic carbocycles. The number of anilines is 1. The van der Waals surface area contributed by atoms with Crippen molar-refractivity contribution < 1.29 is 42.2 Å². The van der Waals surface area contributed by atoms with Gasteiger partial charge < -0.3 is 24.3 Å². The molecule has 12 heteroatoms. The van der Waals surface area contributed by atoms with Gasteiger partial charge in [-0.3, -0.25) is 4.79 Å². The van der Waals surface area contributed by atoms with Crippen molar-refractivity contribution in [1.29, 1.82) is 0 Å². The number of ether oxygens (including phenoxy) is 2. The summed E-state index contributed by atoms with van der Waals surface area (Å²) >= 11 is 1.49. The van der Waals surface area contributed by atoms with Crippen LogP contribution in [-0.2, 0) is 32.0 Å². The van der Waals surface area contributed by atoms with Crippen molar-refractivity contribution in [3.63, 3.8) is 0 Å². The van der Waals surface area contributed by atoms with Crippen molar-refractivity contribution in [3.8, 4) is 5.75 Å². The van der Waals surface area contributed by atoms with Gasteiger partial charge in [-0.05, 0) is 47.9 Å². The molecule has 1 aliphatic heterocycles. The topological polar surface area (TPSA) is 97.7 Å². The average molecular weight is 591 g/mol. The minimum atomic E-state index is -4.62. The smallest absolute Gasteiger partial charge is 0.411 e. The molecule has 41 heavy (non-hydrogen) atoms. The molecule has 218 valence electrons. The SMILES string of the molecule is CON=C1C=CC=CC1Cc1ccc2c(c1)N(CCOc1ccc(CC(OCC(F)(F)F)C(=O)O)cc1)C(=O)CS2. The van der Waals surface area contributed by atoms with E-state index < -0.39 is 24.9 Å². The number of thioether (sulfide) groups is 1. The third-order valence-corrected chi connectivity index (χ3v) is 7.42. The minimum Gasteiger partial charge on any atom is -0.492 e. The number of carboxylic acid groups (broad SMARTS) is 1. The summed E-state index contributed by atoms with van der Waals surface area (Å²) < 4.78 is 47.6. The fourth-order valence-corrected chi connectivity index (χ4v) is 5.34. The number of carboxylic acids is 1. The molecule has 2 unspecified atom stereocenters. The van der Waals surface area contributed by atoms with E-state index in [0.29, 0.717) is 30.0 Å². The fourth-order valence-electron chi connectivity index (χ4n) is 4.43. The number of nitrogens with zero attached hydrogens (tertiary/aromatic N) is 2. The second-order valence-electron chi connectivity index (χ2n) is 9.34. The summed E-state index contributed by atoms with van der Waals surface area (Å²) in [5.74, 6) is -0.654. The van der Waals surface area contributed by atoms with Crippen LogP contribution >= 0.6 is 11.8 Å². The number of halogens is 3. The standard InChI is InChI=1S/C29H29F3N2O6S/c1-38-33-23-5-3-2-4-21(23)14-20-8-11-26-24(15-20)34(27(35)17-41-26)12-13-39-22-9-6-19(7-10-22)16-25(28(36)37)40-18-29(30,31)32/h2-11,15,21,25H,12-14,16-18H2,1H3,(H,36,37). The normalized spacial score (nSPS) is 18.3. The van der Waals surface area contributed by atoms with E-state index in [1.807, 2.05) is 30.4 Å². The number of hydrogen-bond donors (Lipinski definition) is 1. The number of rotatable bonds is 12. The highest BCUT2D eigenvalue weighted by atomic mass is 32.2. The van der Waals surface area contributed by atoms with E-state index in [0.717, 1.165) is 21.9 Å². The number of allylic oxidation sites excluding steroid dienone is 4. The van der Waals surface area contributed by atoms with Crippen molar-refractivity contribution in [1.82, 2.24) is 0 Å². The van der Waals surface area contributed by atoms with E-state index in [1.54, 1.807) is 29.2 Å². The second kappa shape index (κ2) is 13.7. The van der Waals surface area contributed by atoms with Gasteiger partial charge in [0.1, 0.15) is 26.1 Å². The first-order chi connectivity index (χ1) is 19.6. The first-order valence-electron chi connectivity index (χ1n) is 12.8. The molecule has 0 fully saturated rings. The molecule has 0 radical (unpaired) electrons. The molecule has 2 aromatic rings. The van der Waals surface area contributed by atoms with Gasteiger partial charge in [0.15, 0.2) is 6.10 Å². The summed E-state index contributed by atoms with van der Waals surface area (Å²) in [6.07, 6.45) is 2.08. The quantitative estimate of drug-likeness (QED) is 0.345. The van der Waals surface area contributed by atoms with Gasteiger partial charge in [-0.25, -0.2) is 4.79 Å². The predicted octanol–water partition coefficient (Wildman–Crippen LogP) is 5.07. The van der Waals surface area contributed by atoms with Crippen LogP contribution in [0.25, 0.3) is 0 Å². The third kappa shape index (κ3) is 8.61. The van der Waals surface area contributed by atoms with Crippen molar-refractivity contribution >= 4 is 35.0 Å². The molecule has 0 saturated heterocycles. The maximum Gasteiger partial charge on any atom is 0.411 e. The molecule has 0 spiro atoms. The molecule has 0 aromatic heterocycles. The number of amides is 1. The summed E-state index contributed by atoms with van der Waals surface area (Å²) in [5, 5.41) is 13.3. The number of fused-ring (bicyclic) bond motifs is 1. The Morgan fingerprint density at radius 3 is 2.63 bits per heavy atom. The third-order valence-electron chi connectivity index (χ3n) is 6.37. The Balaban J connectivity index is 1.36. The molecule has 4 rings (SSSR count). The Morgan fingerprint density at radius 1 is 1.17 bits per heavy atom. The van der Waals surface area contributed by atoms with Crippen molar-refractivity contribution in [3.05, 3.63) is 77.9 Å². The molecule has 8 nitrogen and oxygen atoms in total. The number of carbonyl (C=O) groups is 2. The molecule has 1 aliphatic carbocycles. The van der Waals surface area contributed by atoms with Gasteiger partial charge in [0.2, 0.25) is 5.91 Å². The van der Waals surface area contributed by atoms with Crippen LogP contribution in [0.3, 0.4) is 0 Å². The highest BCUT2D eigenvalue weighted by Gasteiger charge is 2.31. The van der Waals surface area contributed by atoms with Gasteiger partial charge >= 0.3 is 12.1 Å². The van der Waals surface area contributed by atoms with Gasteiger partial charge in [0.05, 0.1) is 23.7 Å². The summed E-state index contributed by atoms with van der Waals surface area (Å²) in [7, 11) is 1.51. The van der Waals surface area contributed by atoms with E-state index in [9.17, 15) is 27.9 Å². The summed E-state index contributed by atoms with van der Waals surface area (Å²) in [6, 6.07) is 12.4. The number of benzene rings is 2. The monoisotopic (exact) mass is 590 g/mol. The van der Waals surface area contributed by atoms with E-state index in [4.69, 9.17) is 9.57 Å². The lowest BCUT2D eigenvalue weighted by atomic mass is 9.91. The van der Waals surface area contributed by atoms with Crippen LogP contribution in [0.15, 0.2) is 76.8 Å². The van der Waals surface area contributed by atoms with Crippen LogP contribution in [0.4, 0.5) is 18.9 Å². The van der Waals surface area contributed by atoms with E-state index in [1.165, 1.54) is 18.9 Å². The van der Waals surface area contributed by atoms with Crippen LogP contribution in [0, 0.1) is 5.92 Å². The number of aliphatic carboxylic acids is 1. The van der Waals surface area contributed by atoms with Gasteiger partial charge in [-0.15, -0.1) is 11.8 Å². The van der Waals surface area contributed by atoms with Gasteiger partial charge in [0.25, 0.3) is 0 Å². The van der Waals surface area contributed by atoms with Crippen LogP contribution in [-0.4, -0.2) is 67.6 Å². The van der Waals surface area contributed by atoms with Gasteiger partial charge in [0, 0.05) is 17.2 Å². The molecule has 2 atom stereocenters. The Labute approximate surface area is 239 Å². The summed E-state index contributed by atoms with van der Waals surface area (Å²) in [4.78, 5) is 31.8. The Kier molecular flexibility index (Phi) is 10.1. The molecule has 1 amide bonds. The molecule has 1 heterocycles. The highest BCUT2D eigenvalue weighted by Crippen LogP contribution is 2.36. The van der Waals surface area contributed by atoms with E-state index in [-0.39, 0.29) is 24.9 Å². The Bertz CT molecular complexity index is 1330. The van der Waals surface area contributed by atoms with Crippen LogP contribution in [0.5, 0.6) is 5.75 Å². The molecule has 0 saturated carbocycles. The van der Waals surface area contributed by atoms with Crippen molar-refractivity contribution in [2.75, 3.05) is 37.5 Å². The van der Waals surface area contributed by atoms with Crippen LogP contribution in [0.1, 0.15) is 11.1 Å². The fraction of sp³-hybridized carbons (Fsp3) is 0.345. The largest absolute Gasteiger partial charge is 0.492 e. The first kappa shape index (κ1) is 30.2. The molecule has 0 bridgehead atoms. The molecular formula is C29H29F3N2O6S. The van der Waals surface area contributed by atoms with Crippen LogP contribution < -0.4 is 9.64 Å². The zero-order valence-electron chi connectivity index (χ0n) is 22.2. The average Bonchev–Trinajstić information content (AvgIpc) is 2.93. The molecule has 1 N–H and O–H groups in total. The lowest BCUT2D eigenvalue weighted by molar-refractivity contribution is -0.192. The highest BCUT2D eigenvalue weighted by molar-refractivity contribution is 8.00. The second-order valence-corrected chi connectivity index (χ2v) is 10.4. The zero-order chi connectivity index (χ0) is 29.4. The minimum absolute atomic E-state index is 0.0284. The molecular weight excluding hydrogens is 561 g/mol. The van der Waals surface area contributed by atoms with Crippen molar-refractivity contribution in [2.45, 2.75) is 30.0 Å². The Morgan fingerprint density at radius 2 is 1.93 bits per heavy atom. The van der Waals surface area contributed by atoms with Gasteiger partial charge in [-0.1, -0.05) is 41.6 Å². The zero-order valence-corrected chi connectivity index (χ0v) is 23.0. The lowest BCUT2D eigenvalue weighted by Crippen LogP contribution is -2.38. The number of carbonyl (C=O) groups excluding carboxylic acids is 1. The van der Waals surface area contributed by atoms with E-state index in [2.05, 4.69) is 22.0 Å². The summed E-state index contributed by atoms with van der Waals surface area (Å²) in [5.41, 5.74) is 3.18. The maximum atomic E-state index is 12.8. The van der Waals surface area contributed by atoms with Gasteiger partial charge in [-0.2, -0.15) is 13.2 Å². The molecule has 2 aliphatic rings. The maximum absolute atomic E-state index is 12.8. The van der Waals surface area contributed by atoms with Crippen molar-refractivity contribution in [2.24, 2.45) is 11.1 Å². The lowest BCUT2D eigenvalue weighted by Gasteiger charge is -2.29. The number of hydrogen-bond acceptors (Lipinski definition) is 7. The Hall–Kier alpha value is -3.77. The van der Waals surface area contributed by atoms with Crippen LogP contribution in [0.2, 0.25) is 0 Å². The number of alkyl halides is 3. The first-order valence-corrected chi connectivity index (χ1v) is 13.8. The van der Waals surface area contributed by atoms with E-state index >= 15 is 0 Å². The summed E-state index contributed by atoms with van der Waals surface area (Å²) in [6.45, 7) is -1.12. The number of oxime groups is 1.